The molecule has 6 heteroatoms. The Bertz CT molecular complexity index is 517. The summed E-state index contributed by atoms with van der Waals surface area (Å²) in [7, 11) is 0. The molecule has 120 valence electrons. The molecule has 6 nitrogen and oxygen atoms in total. The normalized spacial score (nSPS) is 23.5. The van der Waals surface area contributed by atoms with Crippen molar-refractivity contribution >= 4 is 5.91 Å². The molecule has 0 spiro atoms. The molecule has 1 aromatic rings. The van der Waals surface area contributed by atoms with Gasteiger partial charge in [-0.05, 0) is 19.8 Å². The smallest absolute Gasteiger partial charge is 0.236 e. The van der Waals surface area contributed by atoms with Crippen molar-refractivity contribution in [3.63, 3.8) is 0 Å². The van der Waals surface area contributed by atoms with Crippen LogP contribution < -0.4 is 0 Å². The Hall–Kier alpha value is -1.53. The Morgan fingerprint density at radius 2 is 2.14 bits per heavy atom. The molecule has 0 saturated carbocycles. The molecule has 0 aromatic carbocycles. The van der Waals surface area contributed by atoms with Crippen LogP contribution in [0.15, 0.2) is 12.4 Å². The number of aryl methyl sites for hydroxylation is 1. The molecule has 2 aliphatic heterocycles. The number of likely N-dealkylation sites (tertiary alicyclic amines) is 1. The van der Waals surface area contributed by atoms with Crippen molar-refractivity contribution in [3.8, 4) is 0 Å². The summed E-state index contributed by atoms with van der Waals surface area (Å²) in [5.74, 6) is 0.544. The fourth-order valence-electron chi connectivity index (χ4n) is 3.18. The van der Waals surface area contributed by atoms with E-state index in [1.165, 1.54) is 0 Å². The van der Waals surface area contributed by atoms with Gasteiger partial charge >= 0.3 is 0 Å². The van der Waals surface area contributed by atoms with Crippen molar-refractivity contribution in [2.45, 2.75) is 25.7 Å². The summed E-state index contributed by atoms with van der Waals surface area (Å²) >= 11 is 0. The number of aromatic nitrogens is 2. The maximum atomic E-state index is 12.5. The van der Waals surface area contributed by atoms with Crippen LogP contribution in [0, 0.1) is 6.92 Å². The third kappa shape index (κ3) is 3.81. The summed E-state index contributed by atoms with van der Waals surface area (Å²) in [6.07, 6.45) is 5.73. The summed E-state index contributed by atoms with van der Waals surface area (Å²) < 4.78 is 5.33. The fraction of sp³-hybridized carbons (Fsp3) is 0.688. The monoisotopic (exact) mass is 304 g/mol. The maximum Gasteiger partial charge on any atom is 0.236 e. The van der Waals surface area contributed by atoms with Crippen LogP contribution in [0.5, 0.6) is 0 Å². The molecule has 0 N–H and O–H groups in total. The van der Waals surface area contributed by atoms with Crippen molar-refractivity contribution in [2.24, 2.45) is 0 Å². The van der Waals surface area contributed by atoms with E-state index in [1.807, 2.05) is 18.0 Å². The molecule has 1 amide bonds. The zero-order valence-corrected chi connectivity index (χ0v) is 13.2. The van der Waals surface area contributed by atoms with Gasteiger partial charge in [0, 0.05) is 44.5 Å². The molecule has 1 aromatic heterocycles. The number of piperidine rings is 1. The number of carbonyl (C=O) groups is 1. The average molecular weight is 304 g/mol. The predicted octanol–water partition coefficient (Wildman–Crippen LogP) is 0.823. The van der Waals surface area contributed by atoms with Crippen molar-refractivity contribution in [1.29, 1.82) is 0 Å². The molecule has 22 heavy (non-hydrogen) atoms. The van der Waals surface area contributed by atoms with Crippen LogP contribution in [0.1, 0.15) is 30.1 Å². The number of rotatable bonds is 3. The summed E-state index contributed by atoms with van der Waals surface area (Å²) in [5.41, 5.74) is 1.96. The van der Waals surface area contributed by atoms with E-state index in [0.717, 1.165) is 63.6 Å². The lowest BCUT2D eigenvalue weighted by Crippen LogP contribution is -2.47. The molecule has 1 atom stereocenters. The lowest BCUT2D eigenvalue weighted by molar-refractivity contribution is -0.134. The SMILES string of the molecule is Cc1cncc([C@@H]2CCCN(C(=O)CN3CCOCC3)C2)n1. The van der Waals surface area contributed by atoms with E-state index in [0.29, 0.717) is 12.5 Å². The summed E-state index contributed by atoms with van der Waals surface area (Å²) in [4.78, 5) is 25.5. The van der Waals surface area contributed by atoms with Gasteiger partial charge in [0.2, 0.25) is 5.91 Å². The first kappa shape index (κ1) is 15.4. The lowest BCUT2D eigenvalue weighted by Gasteiger charge is -2.34. The van der Waals surface area contributed by atoms with Crippen molar-refractivity contribution in [3.05, 3.63) is 23.8 Å². The Morgan fingerprint density at radius 3 is 2.91 bits per heavy atom. The van der Waals surface area contributed by atoms with E-state index in [9.17, 15) is 4.79 Å². The highest BCUT2D eigenvalue weighted by Crippen LogP contribution is 2.25. The predicted molar refractivity (Wildman–Crippen MR) is 82.6 cm³/mol. The minimum atomic E-state index is 0.229. The molecule has 2 fully saturated rings. The largest absolute Gasteiger partial charge is 0.379 e. The zero-order valence-electron chi connectivity index (χ0n) is 13.2. The molecule has 2 aliphatic rings. The Kier molecular flexibility index (Phi) is 5.00. The number of nitrogens with zero attached hydrogens (tertiary/aromatic N) is 4. The van der Waals surface area contributed by atoms with Crippen LogP contribution in [-0.4, -0.2) is 71.6 Å². The highest BCUT2D eigenvalue weighted by atomic mass is 16.5. The topological polar surface area (TPSA) is 58.6 Å². The number of ether oxygens (including phenoxy) is 1. The second-order valence-corrected chi connectivity index (χ2v) is 6.15. The first-order valence-corrected chi connectivity index (χ1v) is 8.09. The summed E-state index contributed by atoms with van der Waals surface area (Å²) in [6, 6.07) is 0. The third-order valence-electron chi connectivity index (χ3n) is 4.43. The van der Waals surface area contributed by atoms with Crippen LogP contribution in [0.4, 0.5) is 0 Å². The first-order chi connectivity index (χ1) is 10.7. The zero-order chi connectivity index (χ0) is 15.4. The molecular weight excluding hydrogens is 280 g/mol. The molecule has 0 radical (unpaired) electrons. The minimum Gasteiger partial charge on any atom is -0.379 e. The number of morpholine rings is 1. The highest BCUT2D eigenvalue weighted by Gasteiger charge is 2.27. The van der Waals surface area contributed by atoms with Crippen LogP contribution >= 0.6 is 0 Å². The van der Waals surface area contributed by atoms with Gasteiger partial charge in [0.15, 0.2) is 0 Å². The molecule has 2 saturated heterocycles. The van der Waals surface area contributed by atoms with Gasteiger partial charge in [-0.25, -0.2) is 0 Å². The van der Waals surface area contributed by atoms with Gasteiger partial charge < -0.3 is 9.64 Å². The van der Waals surface area contributed by atoms with Gasteiger partial charge in [0.05, 0.1) is 31.1 Å². The standard InChI is InChI=1S/C16H24N4O2/c1-13-9-17-10-15(18-13)14-3-2-4-20(11-14)16(21)12-19-5-7-22-8-6-19/h9-10,14H,2-8,11-12H2,1H3/t14-/m1/s1. The first-order valence-electron chi connectivity index (χ1n) is 8.09. The van der Waals surface area contributed by atoms with Gasteiger partial charge in [-0.3, -0.25) is 19.7 Å². The van der Waals surface area contributed by atoms with E-state index in [4.69, 9.17) is 4.74 Å². The van der Waals surface area contributed by atoms with E-state index < -0.39 is 0 Å². The fourth-order valence-corrected chi connectivity index (χ4v) is 3.18. The van der Waals surface area contributed by atoms with Crippen LogP contribution in [0.2, 0.25) is 0 Å². The minimum absolute atomic E-state index is 0.229. The van der Waals surface area contributed by atoms with Crippen LogP contribution in [0.3, 0.4) is 0 Å². The highest BCUT2D eigenvalue weighted by molar-refractivity contribution is 5.78. The summed E-state index contributed by atoms with van der Waals surface area (Å²) in [5, 5.41) is 0. The third-order valence-corrected chi connectivity index (χ3v) is 4.43. The second-order valence-electron chi connectivity index (χ2n) is 6.15. The van der Waals surface area contributed by atoms with Crippen LogP contribution in [-0.2, 0) is 9.53 Å². The van der Waals surface area contributed by atoms with Crippen molar-refractivity contribution in [2.75, 3.05) is 45.9 Å². The molecule has 0 aliphatic carbocycles. The Morgan fingerprint density at radius 1 is 1.32 bits per heavy atom. The van der Waals surface area contributed by atoms with Crippen molar-refractivity contribution in [1.82, 2.24) is 19.8 Å². The molecule has 0 unspecified atom stereocenters. The van der Waals surface area contributed by atoms with E-state index in [1.54, 1.807) is 6.20 Å². The van der Waals surface area contributed by atoms with E-state index in [-0.39, 0.29) is 5.91 Å². The van der Waals surface area contributed by atoms with Crippen molar-refractivity contribution < 1.29 is 9.53 Å². The van der Waals surface area contributed by atoms with Gasteiger partial charge in [-0.15, -0.1) is 0 Å². The number of amides is 1. The van der Waals surface area contributed by atoms with Gasteiger partial charge in [-0.2, -0.15) is 0 Å². The molecule has 3 rings (SSSR count). The molecule has 3 heterocycles. The Labute approximate surface area is 131 Å². The van der Waals surface area contributed by atoms with Gasteiger partial charge in [0.25, 0.3) is 0 Å². The van der Waals surface area contributed by atoms with Crippen LogP contribution in [0.25, 0.3) is 0 Å². The average Bonchev–Trinajstić information content (AvgIpc) is 2.56. The molecule has 0 bridgehead atoms. The maximum absolute atomic E-state index is 12.5. The quantitative estimate of drug-likeness (QED) is 0.827. The number of hydrogen-bond donors (Lipinski definition) is 0. The molecular formula is C16H24N4O2. The number of carbonyl (C=O) groups excluding carboxylic acids is 1. The Balaban J connectivity index is 1.58. The lowest BCUT2D eigenvalue weighted by atomic mass is 9.95. The van der Waals surface area contributed by atoms with Gasteiger partial charge in [0.1, 0.15) is 0 Å². The van der Waals surface area contributed by atoms with E-state index >= 15 is 0 Å². The van der Waals surface area contributed by atoms with Gasteiger partial charge in [-0.1, -0.05) is 0 Å². The summed E-state index contributed by atoms with van der Waals surface area (Å²) in [6.45, 7) is 7.26. The second kappa shape index (κ2) is 7.15. The number of hydrogen-bond acceptors (Lipinski definition) is 5. The van der Waals surface area contributed by atoms with E-state index in [2.05, 4.69) is 14.9 Å².